The zero-order chi connectivity index (χ0) is 16.1. The topological polar surface area (TPSA) is 40.6 Å². The summed E-state index contributed by atoms with van der Waals surface area (Å²) < 4.78 is 17.9. The summed E-state index contributed by atoms with van der Waals surface area (Å²) in [6.07, 6.45) is 0. The second-order valence-corrected chi connectivity index (χ2v) is 7.63. The smallest absolute Gasteiger partial charge is 0.472 e. The summed E-state index contributed by atoms with van der Waals surface area (Å²) in [7, 11) is -0.383. The molecule has 0 amide bonds. The highest BCUT2D eigenvalue weighted by atomic mass is 16.7. The molecule has 1 aliphatic heterocycles. The maximum Gasteiger partial charge on any atom is 0.496 e. The van der Waals surface area contributed by atoms with Crippen molar-refractivity contribution in [1.29, 1.82) is 0 Å². The van der Waals surface area contributed by atoms with Gasteiger partial charge in [0.2, 0.25) is 5.88 Å². The minimum atomic E-state index is -0.383. The number of aromatic nitrogens is 1. The monoisotopic (exact) mass is 291 g/mol. The van der Waals surface area contributed by atoms with Crippen molar-refractivity contribution in [3.8, 4) is 5.88 Å². The fourth-order valence-electron chi connectivity index (χ4n) is 2.14. The summed E-state index contributed by atoms with van der Waals surface area (Å²) in [5.74, 6) is 0.625. The van der Waals surface area contributed by atoms with Crippen LogP contribution >= 0.6 is 0 Å². The van der Waals surface area contributed by atoms with Gasteiger partial charge in [-0.1, -0.05) is 6.07 Å². The Labute approximate surface area is 128 Å². The van der Waals surface area contributed by atoms with E-state index in [4.69, 9.17) is 14.0 Å². The Morgan fingerprint density at radius 2 is 1.57 bits per heavy atom. The van der Waals surface area contributed by atoms with Crippen LogP contribution in [0, 0.1) is 6.92 Å². The van der Waals surface area contributed by atoms with Gasteiger partial charge >= 0.3 is 7.12 Å². The Balaban J connectivity index is 2.23. The highest BCUT2D eigenvalue weighted by Crippen LogP contribution is 2.36. The van der Waals surface area contributed by atoms with Gasteiger partial charge in [-0.25, -0.2) is 4.98 Å². The predicted molar refractivity (Wildman–Crippen MR) is 85.1 cm³/mol. The maximum absolute atomic E-state index is 6.07. The average molecular weight is 291 g/mol. The van der Waals surface area contributed by atoms with Gasteiger partial charge in [0.1, 0.15) is 5.60 Å². The van der Waals surface area contributed by atoms with E-state index >= 15 is 0 Å². The van der Waals surface area contributed by atoms with E-state index in [2.05, 4.69) is 4.98 Å². The number of aryl methyl sites for hydroxylation is 1. The van der Waals surface area contributed by atoms with Crippen LogP contribution in [-0.4, -0.2) is 28.9 Å². The van der Waals surface area contributed by atoms with E-state index in [1.165, 1.54) is 0 Å². The Morgan fingerprint density at radius 1 is 1.05 bits per heavy atom. The Morgan fingerprint density at radius 3 is 2.00 bits per heavy atom. The highest BCUT2D eigenvalue weighted by molar-refractivity contribution is 6.62. The SMILES string of the molecule is Cc1nc(OC(C)(C)C)ccc1B1OC(C)(C)C(C)(C)O1. The molecule has 0 aromatic carbocycles. The molecule has 0 spiro atoms. The lowest BCUT2D eigenvalue weighted by atomic mass is 9.78. The normalized spacial score (nSPS) is 20.7. The number of hydrogen-bond donors (Lipinski definition) is 0. The summed E-state index contributed by atoms with van der Waals surface area (Å²) in [4.78, 5) is 4.52. The van der Waals surface area contributed by atoms with Gasteiger partial charge in [0.15, 0.2) is 0 Å². The fourth-order valence-corrected chi connectivity index (χ4v) is 2.14. The van der Waals surface area contributed by atoms with Gasteiger partial charge in [-0.05, 0) is 61.5 Å². The van der Waals surface area contributed by atoms with Crippen molar-refractivity contribution in [2.24, 2.45) is 0 Å². The summed E-state index contributed by atoms with van der Waals surface area (Å²) in [6.45, 7) is 16.2. The highest BCUT2D eigenvalue weighted by Gasteiger charge is 2.52. The lowest BCUT2D eigenvalue weighted by Crippen LogP contribution is -2.41. The van der Waals surface area contributed by atoms with Crippen molar-refractivity contribution in [3.05, 3.63) is 17.8 Å². The van der Waals surface area contributed by atoms with Crippen molar-refractivity contribution in [1.82, 2.24) is 4.98 Å². The molecule has 1 fully saturated rings. The molecule has 4 nitrogen and oxygen atoms in total. The predicted octanol–water partition coefficient (Wildman–Crippen LogP) is 2.87. The molecule has 0 N–H and O–H groups in total. The lowest BCUT2D eigenvalue weighted by molar-refractivity contribution is 0.00578. The van der Waals surface area contributed by atoms with Gasteiger partial charge < -0.3 is 14.0 Å². The zero-order valence-corrected chi connectivity index (χ0v) is 14.4. The molecule has 2 heterocycles. The molecule has 21 heavy (non-hydrogen) atoms. The standard InChI is InChI=1S/C16H26BNO3/c1-11-12(9-10-13(18-11)19-14(2,3)4)17-20-15(5,6)16(7,8)21-17/h9-10H,1-8H3. The number of nitrogens with zero attached hydrogens (tertiary/aromatic N) is 1. The van der Waals surface area contributed by atoms with Gasteiger partial charge in [-0.3, -0.25) is 0 Å². The third kappa shape index (κ3) is 3.41. The first-order valence-electron chi connectivity index (χ1n) is 7.43. The van der Waals surface area contributed by atoms with Crippen molar-refractivity contribution in [3.63, 3.8) is 0 Å². The van der Waals surface area contributed by atoms with Crippen molar-refractivity contribution in [2.75, 3.05) is 0 Å². The largest absolute Gasteiger partial charge is 0.496 e. The zero-order valence-electron chi connectivity index (χ0n) is 14.4. The molecule has 2 rings (SSSR count). The molecule has 1 aliphatic rings. The molecule has 0 unspecified atom stereocenters. The second-order valence-electron chi connectivity index (χ2n) is 7.63. The Bertz CT molecular complexity index is 519. The van der Waals surface area contributed by atoms with E-state index in [1.807, 2.05) is 67.5 Å². The van der Waals surface area contributed by atoms with Crippen molar-refractivity contribution >= 4 is 12.6 Å². The molecule has 1 aromatic rings. The minimum Gasteiger partial charge on any atom is -0.472 e. The number of pyridine rings is 1. The van der Waals surface area contributed by atoms with Gasteiger partial charge in [-0.15, -0.1) is 0 Å². The Kier molecular flexibility index (Phi) is 3.88. The van der Waals surface area contributed by atoms with Crippen LogP contribution in [-0.2, 0) is 9.31 Å². The molecule has 5 heteroatoms. The summed E-state index contributed by atoms with van der Waals surface area (Å²) >= 11 is 0. The molecule has 1 saturated heterocycles. The first-order valence-corrected chi connectivity index (χ1v) is 7.43. The fraction of sp³-hybridized carbons (Fsp3) is 0.688. The lowest BCUT2D eigenvalue weighted by Gasteiger charge is -2.32. The van der Waals surface area contributed by atoms with Gasteiger partial charge in [0.25, 0.3) is 0 Å². The third-order valence-electron chi connectivity index (χ3n) is 4.02. The molecule has 0 atom stereocenters. The van der Waals surface area contributed by atoms with Crippen molar-refractivity contribution in [2.45, 2.75) is 72.2 Å². The van der Waals surface area contributed by atoms with Crippen LogP contribution in [0.4, 0.5) is 0 Å². The van der Waals surface area contributed by atoms with Crippen LogP contribution in [0.1, 0.15) is 54.2 Å². The van der Waals surface area contributed by atoms with E-state index in [0.717, 1.165) is 11.2 Å². The number of ether oxygens (including phenoxy) is 1. The number of rotatable bonds is 2. The second kappa shape index (κ2) is 4.99. The van der Waals surface area contributed by atoms with E-state index in [1.54, 1.807) is 0 Å². The van der Waals surface area contributed by atoms with Gasteiger partial charge in [0.05, 0.1) is 11.2 Å². The quantitative estimate of drug-likeness (QED) is 0.786. The van der Waals surface area contributed by atoms with Gasteiger partial charge in [-0.2, -0.15) is 0 Å². The van der Waals surface area contributed by atoms with Gasteiger partial charge in [0, 0.05) is 11.2 Å². The van der Waals surface area contributed by atoms with Crippen LogP contribution in [0.25, 0.3) is 0 Å². The summed E-state index contributed by atoms with van der Waals surface area (Å²) in [5.41, 5.74) is 0.880. The number of hydrogen-bond acceptors (Lipinski definition) is 4. The van der Waals surface area contributed by atoms with Crippen molar-refractivity contribution < 1.29 is 14.0 Å². The van der Waals surface area contributed by atoms with E-state index < -0.39 is 0 Å². The molecule has 0 radical (unpaired) electrons. The van der Waals surface area contributed by atoms with Crippen LogP contribution in [0.5, 0.6) is 5.88 Å². The molecule has 0 bridgehead atoms. The first kappa shape index (κ1) is 16.3. The van der Waals surface area contributed by atoms with Crippen LogP contribution < -0.4 is 10.2 Å². The molecule has 116 valence electrons. The van der Waals surface area contributed by atoms with E-state index in [0.29, 0.717) is 5.88 Å². The Hall–Kier alpha value is -1.07. The third-order valence-corrected chi connectivity index (χ3v) is 4.02. The minimum absolute atomic E-state index is 0.259. The van der Waals surface area contributed by atoms with Crippen LogP contribution in [0.15, 0.2) is 12.1 Å². The van der Waals surface area contributed by atoms with E-state index in [-0.39, 0.29) is 23.9 Å². The molecule has 0 saturated carbocycles. The molecule has 1 aromatic heterocycles. The summed E-state index contributed by atoms with van der Waals surface area (Å²) in [5, 5.41) is 0. The van der Waals surface area contributed by atoms with Crippen LogP contribution in [0.2, 0.25) is 0 Å². The molecule has 0 aliphatic carbocycles. The summed E-state index contributed by atoms with van der Waals surface area (Å²) in [6, 6.07) is 3.85. The molecular weight excluding hydrogens is 265 g/mol. The first-order chi connectivity index (χ1) is 9.41. The average Bonchev–Trinajstić information content (AvgIpc) is 2.45. The van der Waals surface area contributed by atoms with E-state index in [9.17, 15) is 0 Å². The van der Waals surface area contributed by atoms with Crippen LogP contribution in [0.3, 0.4) is 0 Å². The molecular formula is C16H26BNO3. The maximum atomic E-state index is 6.07.